The van der Waals surface area contributed by atoms with Crippen LogP contribution in [0, 0.1) is 34.5 Å². The van der Waals surface area contributed by atoms with E-state index >= 15 is 0 Å². The molecule has 1 aliphatic carbocycles. The second-order valence-corrected chi connectivity index (χ2v) is 5.04. The molecule has 1 fully saturated rings. The van der Waals surface area contributed by atoms with Gasteiger partial charge < -0.3 is 10.6 Å². The molecule has 0 saturated heterocycles. The number of rotatable bonds is 6. The van der Waals surface area contributed by atoms with Crippen molar-refractivity contribution < 1.29 is 9.59 Å². The van der Waals surface area contributed by atoms with Crippen molar-refractivity contribution in [2.24, 2.45) is 11.8 Å². The highest BCUT2D eigenvalue weighted by Crippen LogP contribution is 2.29. The van der Waals surface area contributed by atoms with Crippen molar-refractivity contribution in [2.45, 2.75) is 38.5 Å². The van der Waals surface area contributed by atoms with E-state index in [0.29, 0.717) is 12.3 Å². The van der Waals surface area contributed by atoms with Crippen molar-refractivity contribution in [1.29, 1.82) is 10.5 Å². The predicted octanol–water partition coefficient (Wildman–Crippen LogP) is 0.853. The summed E-state index contributed by atoms with van der Waals surface area (Å²) < 4.78 is 0. The second-order valence-electron chi connectivity index (χ2n) is 5.04. The second kappa shape index (κ2) is 8.92. The molecule has 0 spiro atoms. The summed E-state index contributed by atoms with van der Waals surface area (Å²) in [6.45, 7) is -0.211. The summed E-state index contributed by atoms with van der Waals surface area (Å²) in [5.74, 6) is -1.28. The quantitative estimate of drug-likeness (QED) is 0.554. The van der Waals surface area contributed by atoms with E-state index in [9.17, 15) is 9.59 Å². The number of hydrogen-bond acceptors (Lipinski definition) is 4. The Labute approximate surface area is 119 Å². The summed E-state index contributed by atoms with van der Waals surface area (Å²) >= 11 is 0. The van der Waals surface area contributed by atoms with E-state index in [1.54, 1.807) is 0 Å². The Morgan fingerprint density at radius 2 is 1.50 bits per heavy atom. The summed E-state index contributed by atoms with van der Waals surface area (Å²) in [6.07, 6.45) is 6.05. The monoisotopic (exact) mass is 276 g/mol. The number of nitriles is 2. The van der Waals surface area contributed by atoms with Gasteiger partial charge in [0.25, 0.3) is 0 Å². The van der Waals surface area contributed by atoms with E-state index in [1.807, 2.05) is 12.1 Å². The van der Waals surface area contributed by atoms with Gasteiger partial charge in [-0.3, -0.25) is 9.59 Å². The summed E-state index contributed by atoms with van der Waals surface area (Å²) in [7, 11) is 0. The van der Waals surface area contributed by atoms with Crippen molar-refractivity contribution in [1.82, 2.24) is 10.6 Å². The van der Waals surface area contributed by atoms with Crippen LogP contribution in [0.15, 0.2) is 0 Å². The van der Waals surface area contributed by atoms with Crippen molar-refractivity contribution in [2.75, 3.05) is 13.1 Å². The minimum Gasteiger partial charge on any atom is -0.342 e. The lowest BCUT2D eigenvalue weighted by molar-refractivity contribution is -0.135. The van der Waals surface area contributed by atoms with Crippen molar-refractivity contribution >= 4 is 11.8 Å². The first-order valence-electron chi connectivity index (χ1n) is 6.98. The highest BCUT2D eigenvalue weighted by Gasteiger charge is 2.29. The zero-order valence-corrected chi connectivity index (χ0v) is 11.5. The maximum absolute atomic E-state index is 12.0. The standard InChI is InChI=1S/C14H20N4O2/c15-6-8-17-13(19)12(14(20)18-9-7-16)10-11-4-2-1-3-5-11/h11-12H,1-5,8-10H2,(H,17,19)(H,18,20). The van der Waals surface area contributed by atoms with Crippen molar-refractivity contribution in [3.8, 4) is 12.1 Å². The molecular weight excluding hydrogens is 256 g/mol. The Kier molecular flexibility index (Phi) is 7.13. The third-order valence-electron chi connectivity index (χ3n) is 3.61. The first kappa shape index (κ1) is 16.0. The molecule has 2 amide bonds. The average molecular weight is 276 g/mol. The molecule has 0 aromatic carbocycles. The van der Waals surface area contributed by atoms with Crippen LogP contribution in [0.2, 0.25) is 0 Å². The van der Waals surface area contributed by atoms with Gasteiger partial charge in [-0.05, 0) is 12.3 Å². The molecule has 0 bridgehead atoms. The fourth-order valence-corrected chi connectivity index (χ4v) is 2.59. The van der Waals surface area contributed by atoms with E-state index in [0.717, 1.165) is 25.7 Å². The van der Waals surface area contributed by atoms with Crippen molar-refractivity contribution in [3.05, 3.63) is 0 Å². The molecule has 1 aliphatic rings. The largest absolute Gasteiger partial charge is 0.342 e. The molecule has 1 rings (SSSR count). The maximum atomic E-state index is 12.0. The molecule has 1 saturated carbocycles. The van der Waals surface area contributed by atoms with Crippen LogP contribution in [0.1, 0.15) is 38.5 Å². The van der Waals surface area contributed by atoms with Gasteiger partial charge >= 0.3 is 0 Å². The van der Waals surface area contributed by atoms with Gasteiger partial charge in [0.05, 0.1) is 12.1 Å². The maximum Gasteiger partial charge on any atom is 0.233 e. The molecule has 0 unspecified atom stereocenters. The lowest BCUT2D eigenvalue weighted by Crippen LogP contribution is -2.42. The van der Waals surface area contributed by atoms with E-state index < -0.39 is 17.7 Å². The van der Waals surface area contributed by atoms with Gasteiger partial charge in [-0.25, -0.2) is 0 Å². The van der Waals surface area contributed by atoms with Crippen LogP contribution in [-0.2, 0) is 9.59 Å². The van der Waals surface area contributed by atoms with Gasteiger partial charge in [-0.2, -0.15) is 10.5 Å². The highest BCUT2D eigenvalue weighted by molar-refractivity contribution is 6.00. The fraction of sp³-hybridized carbons (Fsp3) is 0.714. The first-order valence-corrected chi connectivity index (χ1v) is 6.98. The van der Waals surface area contributed by atoms with E-state index in [2.05, 4.69) is 10.6 Å². The Morgan fingerprint density at radius 3 is 1.95 bits per heavy atom. The van der Waals surface area contributed by atoms with Crippen LogP contribution < -0.4 is 10.6 Å². The molecule has 0 aliphatic heterocycles. The number of amides is 2. The Hall–Kier alpha value is -2.08. The molecule has 0 aromatic heterocycles. The molecule has 0 aromatic rings. The van der Waals surface area contributed by atoms with Gasteiger partial charge in [0.1, 0.15) is 19.0 Å². The fourth-order valence-electron chi connectivity index (χ4n) is 2.59. The average Bonchev–Trinajstić information content (AvgIpc) is 2.48. The number of carbonyl (C=O) groups excluding carboxylic acids is 2. The van der Waals surface area contributed by atoms with Crippen LogP contribution in [0.25, 0.3) is 0 Å². The third kappa shape index (κ3) is 5.27. The lowest BCUT2D eigenvalue weighted by Gasteiger charge is -2.25. The Balaban J connectivity index is 2.62. The SMILES string of the molecule is N#CCNC(=O)C(CC1CCCCC1)C(=O)NCC#N. The zero-order chi connectivity index (χ0) is 14.8. The minimum atomic E-state index is -0.806. The number of nitrogens with zero attached hydrogens (tertiary/aromatic N) is 2. The molecular formula is C14H20N4O2. The predicted molar refractivity (Wildman–Crippen MR) is 71.9 cm³/mol. The lowest BCUT2D eigenvalue weighted by atomic mass is 9.82. The third-order valence-corrected chi connectivity index (χ3v) is 3.61. The number of hydrogen-bond donors (Lipinski definition) is 2. The van der Waals surface area contributed by atoms with Crippen LogP contribution in [-0.4, -0.2) is 24.9 Å². The molecule has 0 atom stereocenters. The van der Waals surface area contributed by atoms with Crippen LogP contribution in [0.5, 0.6) is 0 Å². The van der Waals surface area contributed by atoms with E-state index in [4.69, 9.17) is 10.5 Å². The number of carbonyl (C=O) groups is 2. The molecule has 6 heteroatoms. The molecule has 0 heterocycles. The summed E-state index contributed by atoms with van der Waals surface area (Å²) in [6, 6.07) is 3.65. The van der Waals surface area contributed by atoms with E-state index in [-0.39, 0.29) is 13.1 Å². The van der Waals surface area contributed by atoms with Gasteiger partial charge in [0.2, 0.25) is 11.8 Å². The zero-order valence-electron chi connectivity index (χ0n) is 11.5. The Bertz CT molecular complexity index is 386. The Morgan fingerprint density at radius 1 is 1.00 bits per heavy atom. The molecule has 2 N–H and O–H groups in total. The summed E-state index contributed by atoms with van der Waals surface area (Å²) in [5.41, 5.74) is 0. The molecule has 20 heavy (non-hydrogen) atoms. The topological polar surface area (TPSA) is 106 Å². The first-order chi connectivity index (χ1) is 9.69. The highest BCUT2D eigenvalue weighted by atomic mass is 16.2. The summed E-state index contributed by atoms with van der Waals surface area (Å²) in [5, 5.41) is 21.9. The van der Waals surface area contributed by atoms with Gasteiger partial charge in [-0.1, -0.05) is 32.1 Å². The smallest absolute Gasteiger partial charge is 0.233 e. The summed E-state index contributed by atoms with van der Waals surface area (Å²) in [4.78, 5) is 23.9. The minimum absolute atomic E-state index is 0.106. The molecule has 6 nitrogen and oxygen atoms in total. The van der Waals surface area contributed by atoms with E-state index in [1.165, 1.54) is 6.42 Å². The number of nitrogens with one attached hydrogen (secondary N) is 2. The van der Waals surface area contributed by atoms with Gasteiger partial charge in [-0.15, -0.1) is 0 Å². The van der Waals surface area contributed by atoms with Crippen LogP contribution in [0.4, 0.5) is 0 Å². The van der Waals surface area contributed by atoms with Gasteiger partial charge in [0, 0.05) is 0 Å². The van der Waals surface area contributed by atoms with Crippen LogP contribution >= 0.6 is 0 Å². The molecule has 0 radical (unpaired) electrons. The van der Waals surface area contributed by atoms with Gasteiger partial charge in [0.15, 0.2) is 0 Å². The molecule has 108 valence electrons. The van der Waals surface area contributed by atoms with Crippen LogP contribution in [0.3, 0.4) is 0 Å². The van der Waals surface area contributed by atoms with Crippen molar-refractivity contribution in [3.63, 3.8) is 0 Å². The normalized spacial score (nSPS) is 15.2.